The third-order valence-electron chi connectivity index (χ3n) is 4.14. The van der Waals surface area contributed by atoms with E-state index < -0.39 is 0 Å². The summed E-state index contributed by atoms with van der Waals surface area (Å²) in [5.41, 5.74) is 0.833. The number of hydrogen-bond donors (Lipinski definition) is 1. The molecular weight excluding hydrogens is 305 g/mol. The number of benzene rings is 1. The van der Waals surface area contributed by atoms with Crippen LogP contribution < -0.4 is 5.32 Å². The van der Waals surface area contributed by atoms with Gasteiger partial charge in [0.25, 0.3) is 0 Å². The van der Waals surface area contributed by atoms with Crippen molar-refractivity contribution < 1.29 is 4.39 Å². The van der Waals surface area contributed by atoms with Crippen molar-refractivity contribution in [3.8, 4) is 0 Å². The summed E-state index contributed by atoms with van der Waals surface area (Å²) in [5.74, 6) is 0.616. The van der Waals surface area contributed by atoms with Crippen molar-refractivity contribution >= 4 is 15.9 Å². The highest BCUT2D eigenvalue weighted by Crippen LogP contribution is 2.28. The molecule has 0 heterocycles. The second-order valence-electron chi connectivity index (χ2n) is 5.50. The SMILES string of the molecule is CCNC(Cc1ccc(Br)cc1F)C1CCCCC1. The molecule has 3 heteroatoms. The quantitative estimate of drug-likeness (QED) is 0.827. The Labute approximate surface area is 124 Å². The molecule has 1 aliphatic rings. The van der Waals surface area contributed by atoms with Crippen LogP contribution in [0.25, 0.3) is 0 Å². The predicted molar refractivity (Wildman–Crippen MR) is 81.8 cm³/mol. The Bertz CT molecular complexity index is 402. The molecule has 1 aromatic carbocycles. The Morgan fingerprint density at radius 2 is 2.05 bits per heavy atom. The number of hydrogen-bond acceptors (Lipinski definition) is 1. The highest BCUT2D eigenvalue weighted by molar-refractivity contribution is 9.10. The number of likely N-dealkylation sites (N-methyl/N-ethyl adjacent to an activating group) is 1. The molecule has 2 rings (SSSR count). The van der Waals surface area contributed by atoms with E-state index in [-0.39, 0.29) is 5.82 Å². The van der Waals surface area contributed by atoms with Gasteiger partial charge in [0.2, 0.25) is 0 Å². The van der Waals surface area contributed by atoms with Crippen molar-refractivity contribution in [2.45, 2.75) is 51.5 Å². The molecule has 1 N–H and O–H groups in total. The highest BCUT2D eigenvalue weighted by atomic mass is 79.9. The van der Waals surface area contributed by atoms with Gasteiger partial charge in [-0.15, -0.1) is 0 Å². The molecule has 0 spiro atoms. The number of rotatable bonds is 5. The minimum absolute atomic E-state index is 0.0897. The molecule has 1 unspecified atom stereocenters. The van der Waals surface area contributed by atoms with Gasteiger partial charge in [0.05, 0.1) is 0 Å². The van der Waals surface area contributed by atoms with Gasteiger partial charge in [-0.2, -0.15) is 0 Å². The highest BCUT2D eigenvalue weighted by Gasteiger charge is 2.23. The van der Waals surface area contributed by atoms with Crippen LogP contribution >= 0.6 is 15.9 Å². The molecule has 1 saturated carbocycles. The van der Waals surface area contributed by atoms with E-state index in [2.05, 4.69) is 28.2 Å². The minimum atomic E-state index is -0.0897. The fourth-order valence-electron chi connectivity index (χ4n) is 3.13. The molecule has 106 valence electrons. The normalized spacial score (nSPS) is 18.5. The molecule has 0 aromatic heterocycles. The van der Waals surface area contributed by atoms with E-state index in [0.29, 0.717) is 12.0 Å². The lowest BCUT2D eigenvalue weighted by molar-refractivity contribution is 0.268. The molecule has 0 aliphatic heterocycles. The second-order valence-corrected chi connectivity index (χ2v) is 6.42. The summed E-state index contributed by atoms with van der Waals surface area (Å²) in [5, 5.41) is 3.56. The van der Waals surface area contributed by atoms with Crippen molar-refractivity contribution in [2.24, 2.45) is 5.92 Å². The lowest BCUT2D eigenvalue weighted by Crippen LogP contribution is -2.39. The second kappa shape index (κ2) is 7.39. The number of halogens is 2. The molecule has 0 radical (unpaired) electrons. The van der Waals surface area contributed by atoms with E-state index in [4.69, 9.17) is 0 Å². The van der Waals surface area contributed by atoms with Crippen molar-refractivity contribution in [3.63, 3.8) is 0 Å². The Morgan fingerprint density at radius 3 is 2.68 bits per heavy atom. The van der Waals surface area contributed by atoms with E-state index in [0.717, 1.165) is 23.0 Å². The van der Waals surface area contributed by atoms with Gasteiger partial charge in [-0.25, -0.2) is 4.39 Å². The van der Waals surface area contributed by atoms with Crippen molar-refractivity contribution in [3.05, 3.63) is 34.1 Å². The van der Waals surface area contributed by atoms with E-state index in [1.54, 1.807) is 6.07 Å². The fraction of sp³-hybridized carbons (Fsp3) is 0.625. The van der Waals surface area contributed by atoms with Crippen LogP contribution in [0.5, 0.6) is 0 Å². The van der Waals surface area contributed by atoms with Crippen LogP contribution in [0.3, 0.4) is 0 Å². The van der Waals surface area contributed by atoms with E-state index in [1.807, 2.05) is 12.1 Å². The molecule has 0 saturated heterocycles. The number of nitrogens with one attached hydrogen (secondary N) is 1. The van der Waals surface area contributed by atoms with Gasteiger partial charge in [-0.3, -0.25) is 0 Å². The third kappa shape index (κ3) is 4.28. The fourth-order valence-corrected chi connectivity index (χ4v) is 3.46. The van der Waals surface area contributed by atoms with Crippen molar-refractivity contribution in [2.75, 3.05) is 6.54 Å². The van der Waals surface area contributed by atoms with Gasteiger partial charge < -0.3 is 5.32 Å². The average molecular weight is 328 g/mol. The van der Waals surface area contributed by atoms with Crippen LogP contribution in [0, 0.1) is 11.7 Å². The molecule has 1 nitrogen and oxygen atoms in total. The Morgan fingerprint density at radius 1 is 1.32 bits per heavy atom. The molecule has 19 heavy (non-hydrogen) atoms. The summed E-state index contributed by atoms with van der Waals surface area (Å²) in [6, 6.07) is 5.83. The summed E-state index contributed by atoms with van der Waals surface area (Å²) in [6.07, 6.45) is 7.40. The monoisotopic (exact) mass is 327 g/mol. The first-order valence-corrected chi connectivity index (χ1v) is 8.17. The predicted octanol–water partition coefficient (Wildman–Crippen LogP) is 4.69. The van der Waals surface area contributed by atoms with Crippen molar-refractivity contribution in [1.29, 1.82) is 0 Å². The largest absolute Gasteiger partial charge is 0.314 e. The van der Waals surface area contributed by atoms with Gasteiger partial charge in [0, 0.05) is 10.5 Å². The van der Waals surface area contributed by atoms with Crippen LogP contribution in [0.2, 0.25) is 0 Å². The Balaban J connectivity index is 2.06. The van der Waals surface area contributed by atoms with Crippen LogP contribution in [0.1, 0.15) is 44.6 Å². The summed E-state index contributed by atoms with van der Waals surface area (Å²) in [7, 11) is 0. The van der Waals surface area contributed by atoms with Gasteiger partial charge in [-0.1, -0.05) is 48.2 Å². The van der Waals surface area contributed by atoms with Crippen LogP contribution in [-0.4, -0.2) is 12.6 Å². The molecule has 0 bridgehead atoms. The maximum absolute atomic E-state index is 14.0. The molecule has 1 fully saturated rings. The third-order valence-corrected chi connectivity index (χ3v) is 4.63. The van der Waals surface area contributed by atoms with Gasteiger partial charge in [0.1, 0.15) is 5.82 Å². The zero-order valence-electron chi connectivity index (χ0n) is 11.6. The summed E-state index contributed by atoms with van der Waals surface area (Å²) in [6.45, 7) is 3.09. The molecule has 1 aliphatic carbocycles. The van der Waals surface area contributed by atoms with Crippen molar-refractivity contribution in [1.82, 2.24) is 5.32 Å². The smallest absolute Gasteiger partial charge is 0.127 e. The van der Waals surface area contributed by atoms with E-state index >= 15 is 0 Å². The first kappa shape index (κ1) is 15.0. The lowest BCUT2D eigenvalue weighted by atomic mass is 9.81. The maximum Gasteiger partial charge on any atom is 0.127 e. The summed E-state index contributed by atoms with van der Waals surface area (Å²) < 4.78 is 14.8. The first-order chi connectivity index (χ1) is 9.20. The topological polar surface area (TPSA) is 12.0 Å². The Kier molecular flexibility index (Phi) is 5.83. The summed E-state index contributed by atoms with van der Waals surface area (Å²) in [4.78, 5) is 0. The summed E-state index contributed by atoms with van der Waals surface area (Å²) >= 11 is 3.31. The maximum atomic E-state index is 14.0. The minimum Gasteiger partial charge on any atom is -0.314 e. The lowest BCUT2D eigenvalue weighted by Gasteiger charge is -2.31. The standard InChI is InChI=1S/C16H23BrFN/c1-2-19-16(12-6-4-3-5-7-12)10-13-8-9-14(17)11-15(13)18/h8-9,11-12,16,19H,2-7,10H2,1H3. The Hall–Kier alpha value is -0.410. The first-order valence-electron chi connectivity index (χ1n) is 7.38. The zero-order chi connectivity index (χ0) is 13.7. The van der Waals surface area contributed by atoms with E-state index in [1.165, 1.54) is 32.1 Å². The van der Waals surface area contributed by atoms with Crippen LogP contribution in [0.15, 0.2) is 22.7 Å². The van der Waals surface area contributed by atoms with Crippen LogP contribution in [0.4, 0.5) is 4.39 Å². The molecule has 1 atom stereocenters. The van der Waals surface area contributed by atoms with Gasteiger partial charge in [-0.05, 0) is 49.4 Å². The van der Waals surface area contributed by atoms with Gasteiger partial charge >= 0.3 is 0 Å². The van der Waals surface area contributed by atoms with Gasteiger partial charge in [0.15, 0.2) is 0 Å². The van der Waals surface area contributed by atoms with Crippen LogP contribution in [-0.2, 0) is 6.42 Å². The molecule has 1 aromatic rings. The average Bonchev–Trinajstić information content (AvgIpc) is 2.42. The zero-order valence-corrected chi connectivity index (χ0v) is 13.2. The molecule has 0 amide bonds. The van der Waals surface area contributed by atoms with E-state index in [9.17, 15) is 4.39 Å². The molecular formula is C16H23BrFN.